The molecule has 0 aliphatic rings. The van der Waals surface area contributed by atoms with Crippen molar-refractivity contribution >= 4 is 34.7 Å². The molecule has 0 atom stereocenters. The van der Waals surface area contributed by atoms with Gasteiger partial charge in [-0.05, 0) is 0 Å². The number of benzene rings is 1. The van der Waals surface area contributed by atoms with Gasteiger partial charge in [0.25, 0.3) is 0 Å². The Morgan fingerprint density at radius 1 is 1.20 bits per heavy atom. The van der Waals surface area contributed by atoms with Gasteiger partial charge in [0.15, 0.2) is 0 Å². The first-order valence-electron chi connectivity index (χ1n) is 5.52. The van der Waals surface area contributed by atoms with Gasteiger partial charge in [-0.3, -0.25) is 0 Å². The zero-order chi connectivity index (χ0) is 15.2. The summed E-state index contributed by atoms with van der Waals surface area (Å²) < 4.78 is 13.0. The van der Waals surface area contributed by atoms with E-state index < -0.39 is 34.7 Å². The second-order valence-corrected chi connectivity index (χ2v) is 12.4. The molecule has 0 fully saturated rings. The first-order valence-corrected chi connectivity index (χ1v) is 11.9. The van der Waals surface area contributed by atoms with Crippen molar-refractivity contribution in [2.24, 2.45) is 6.66 Å². The average molecular weight is 404 g/mol. The van der Waals surface area contributed by atoms with E-state index in [0.717, 1.165) is 0 Å². The summed E-state index contributed by atoms with van der Waals surface area (Å²) >= 11 is -2.82. The molecule has 0 radical (unpaired) electrons. The Morgan fingerprint density at radius 3 is 2.25 bits per heavy atom. The van der Waals surface area contributed by atoms with Gasteiger partial charge in [0.2, 0.25) is 0 Å². The van der Waals surface area contributed by atoms with E-state index in [1.54, 1.807) is 24.3 Å². The van der Waals surface area contributed by atoms with Crippen LogP contribution >= 0.6 is 20.4 Å². The summed E-state index contributed by atoms with van der Waals surface area (Å²) in [5.74, 6) is -0.469. The third-order valence-corrected chi connectivity index (χ3v) is 5.87. The first-order chi connectivity index (χ1) is 9.39. The van der Waals surface area contributed by atoms with E-state index in [4.69, 9.17) is 15.5 Å². The van der Waals surface area contributed by atoms with E-state index in [2.05, 4.69) is 16.5 Å². The van der Waals surface area contributed by atoms with E-state index >= 15 is 0 Å². The van der Waals surface area contributed by atoms with Gasteiger partial charge in [-0.1, -0.05) is 0 Å². The number of hydrogen-bond donors (Lipinski definition) is 0. The second-order valence-electron chi connectivity index (χ2n) is 4.56. The Balaban J connectivity index is 3.25. The number of azide groups is 1. The van der Waals surface area contributed by atoms with Crippen LogP contribution in [0.25, 0.3) is 20.9 Å². The fourth-order valence-electron chi connectivity index (χ4n) is 1.27. The third kappa shape index (κ3) is 4.74. The molecule has 0 aromatic heterocycles. The molecule has 0 heterocycles. The van der Waals surface area contributed by atoms with Gasteiger partial charge in [-0.15, -0.1) is 0 Å². The molecule has 0 spiro atoms. The molecule has 0 bridgehead atoms. The maximum atomic E-state index is 12.2. The van der Waals surface area contributed by atoms with Crippen LogP contribution in [0.5, 0.6) is 0 Å². The molecule has 0 amide bonds. The number of rotatable bonds is 5. The minimum atomic E-state index is -2.82. The summed E-state index contributed by atoms with van der Waals surface area (Å²) in [6.07, 6.45) is 0. The zero-order valence-electron chi connectivity index (χ0n) is 11.2. The normalized spacial score (nSPS) is 10.8. The molecule has 10 heteroatoms. The van der Waals surface area contributed by atoms with Gasteiger partial charge in [0.05, 0.1) is 0 Å². The van der Waals surface area contributed by atoms with E-state index in [1.807, 2.05) is 19.6 Å². The molecule has 0 unspecified atom stereocenters. The third-order valence-electron chi connectivity index (χ3n) is 1.89. The van der Waals surface area contributed by atoms with Crippen molar-refractivity contribution in [2.45, 2.75) is 19.6 Å². The van der Waals surface area contributed by atoms with Gasteiger partial charge < -0.3 is 0 Å². The van der Waals surface area contributed by atoms with E-state index in [-0.39, 0.29) is 0 Å². The van der Waals surface area contributed by atoms with Crippen LogP contribution in [0.4, 0.5) is 0 Å². The van der Waals surface area contributed by atoms with Crippen LogP contribution in [0, 0.1) is 3.57 Å². The van der Waals surface area contributed by atoms with Crippen LogP contribution in [0.1, 0.15) is 10.4 Å². The number of hydrogen-bond acceptors (Lipinski definition) is 4. The molecule has 0 saturated heterocycles. The van der Waals surface area contributed by atoms with Crippen LogP contribution in [-0.2, 0) is 4.43 Å². The van der Waals surface area contributed by atoms with Gasteiger partial charge in [0.1, 0.15) is 0 Å². The molecule has 1 rings (SSSR count). The van der Waals surface area contributed by atoms with Crippen molar-refractivity contribution in [1.82, 2.24) is 0 Å². The molecule has 20 heavy (non-hydrogen) atoms. The van der Waals surface area contributed by atoms with Crippen molar-refractivity contribution < 1.29 is 9.22 Å². The van der Waals surface area contributed by atoms with Crippen molar-refractivity contribution in [3.8, 4) is 0 Å². The Kier molecular flexibility index (Phi) is 5.83. The zero-order valence-corrected chi connectivity index (χ0v) is 14.3. The number of nitrogens with zero attached hydrogens (tertiary/aromatic N) is 6. The van der Waals surface area contributed by atoms with Gasteiger partial charge in [-0.2, -0.15) is 0 Å². The van der Waals surface area contributed by atoms with Crippen molar-refractivity contribution in [3.63, 3.8) is 0 Å². The Morgan fingerprint density at radius 2 is 1.75 bits per heavy atom. The summed E-state index contributed by atoms with van der Waals surface area (Å²) in [7, 11) is -2.04. The standard InChI is InChI=1S/C10H13IN6O2Si/c1-20(2,3)19-10(18)8-6-4-5-7-9(8)11(14-16-12)15-17-13/h4-7H,1-3H3. The molecule has 1 aromatic carbocycles. The molecular weight excluding hydrogens is 391 g/mol. The monoisotopic (exact) mass is 404 g/mol. The van der Waals surface area contributed by atoms with E-state index in [0.29, 0.717) is 9.13 Å². The molecule has 0 aliphatic heterocycles. The van der Waals surface area contributed by atoms with Crippen molar-refractivity contribution in [1.29, 1.82) is 0 Å². The van der Waals surface area contributed by atoms with Gasteiger partial charge in [-0.25, -0.2) is 0 Å². The number of carbonyl (C=O) groups is 1. The quantitative estimate of drug-likeness (QED) is 0.230. The predicted molar refractivity (Wildman–Crippen MR) is 86.2 cm³/mol. The van der Waals surface area contributed by atoms with E-state index in [9.17, 15) is 4.79 Å². The predicted octanol–water partition coefficient (Wildman–Crippen LogP) is 4.80. The molecular formula is C10H13IN6O2Si. The van der Waals surface area contributed by atoms with Gasteiger partial charge >= 0.3 is 124 Å². The summed E-state index contributed by atoms with van der Waals surface area (Å²) in [6.45, 7) is 5.68. The fourth-order valence-corrected chi connectivity index (χ4v) is 4.30. The average Bonchev–Trinajstić information content (AvgIpc) is 2.36. The Labute approximate surface area is 124 Å². The minimum absolute atomic E-state index is 0.305. The van der Waals surface area contributed by atoms with Crippen molar-refractivity contribution in [3.05, 3.63) is 54.3 Å². The van der Waals surface area contributed by atoms with Crippen LogP contribution in [0.3, 0.4) is 0 Å². The topological polar surface area (TPSA) is 124 Å². The van der Waals surface area contributed by atoms with Crippen LogP contribution < -0.4 is 0 Å². The molecule has 1 aromatic rings. The fraction of sp³-hybridized carbons (Fsp3) is 0.300. The van der Waals surface area contributed by atoms with Crippen molar-refractivity contribution in [2.75, 3.05) is 0 Å². The maximum absolute atomic E-state index is 12.2. The van der Waals surface area contributed by atoms with Crippen LogP contribution in [0.15, 0.2) is 30.9 Å². The molecule has 0 saturated carbocycles. The molecule has 0 aliphatic carbocycles. The summed E-state index contributed by atoms with van der Waals surface area (Å²) in [5, 5.41) is 0. The number of halogens is 1. The van der Waals surface area contributed by atoms with E-state index in [1.165, 1.54) is 0 Å². The summed E-state index contributed by atoms with van der Waals surface area (Å²) in [5.41, 5.74) is 17.4. The van der Waals surface area contributed by atoms with Gasteiger partial charge in [0, 0.05) is 0 Å². The molecule has 0 N–H and O–H groups in total. The SMILES string of the molecule is C[Si](C)(C)OC(=O)c1ccccc1I(N=[N+]=[N-])N=[N+]=[N-]. The summed E-state index contributed by atoms with van der Waals surface area (Å²) in [4.78, 5) is 17.5. The molecule has 8 nitrogen and oxygen atoms in total. The van der Waals surface area contributed by atoms with Crippen LogP contribution in [0.2, 0.25) is 19.6 Å². The summed E-state index contributed by atoms with van der Waals surface area (Å²) in [6, 6.07) is 6.60. The Hall–Kier alpha value is -1.74. The molecule has 106 valence electrons. The first kappa shape index (κ1) is 16.3. The Bertz CT molecular complexity index is 586. The van der Waals surface area contributed by atoms with Crippen LogP contribution in [-0.4, -0.2) is 14.3 Å². The number of carbonyl (C=O) groups excluding carboxylic acids is 1. The second kappa shape index (κ2) is 7.15.